The topological polar surface area (TPSA) is 19.6 Å². The first-order valence-electron chi connectivity index (χ1n) is 9.48. The predicted molar refractivity (Wildman–Crippen MR) is 121 cm³/mol. The number of benzene rings is 2. The van der Waals surface area contributed by atoms with Crippen molar-refractivity contribution < 1.29 is 4.42 Å². The average molecular weight is 411 g/mol. The fraction of sp³-hybridized carbons (Fsp3) is 0.261. The van der Waals surface area contributed by atoms with Gasteiger partial charge < -0.3 is 14.2 Å². The molecule has 2 heterocycles. The third kappa shape index (κ3) is 3.94. The van der Waals surface area contributed by atoms with Crippen molar-refractivity contribution in [1.82, 2.24) is 4.90 Å². The van der Waals surface area contributed by atoms with E-state index in [4.69, 9.17) is 28.2 Å². The summed E-state index contributed by atoms with van der Waals surface area (Å²) in [7, 11) is 0. The Bertz CT molecular complexity index is 988. The van der Waals surface area contributed by atoms with Gasteiger partial charge in [-0.05, 0) is 49.7 Å². The maximum absolute atomic E-state index is 6.25. The first-order valence-corrected chi connectivity index (χ1v) is 10.3. The van der Waals surface area contributed by atoms with Crippen LogP contribution in [-0.2, 0) is 0 Å². The van der Waals surface area contributed by atoms with Gasteiger partial charge in [0.15, 0.2) is 5.76 Å². The minimum absolute atomic E-state index is 0.741. The van der Waals surface area contributed by atoms with Gasteiger partial charge in [-0.2, -0.15) is 0 Å². The van der Waals surface area contributed by atoms with E-state index < -0.39 is 0 Å². The van der Waals surface area contributed by atoms with Gasteiger partial charge in [0.05, 0.1) is 0 Å². The first kappa shape index (κ1) is 19.0. The fourth-order valence-electron chi connectivity index (χ4n) is 3.43. The normalized spacial score (nSPS) is 14.4. The van der Waals surface area contributed by atoms with Gasteiger partial charge in [-0.1, -0.05) is 53.6 Å². The van der Waals surface area contributed by atoms with E-state index in [1.54, 1.807) is 0 Å². The number of furan rings is 1. The molecule has 0 radical (unpaired) electrons. The number of hydrogen-bond donors (Lipinski definition) is 0. The molecule has 144 valence electrons. The lowest BCUT2D eigenvalue weighted by atomic mass is 10.1. The molecular weight excluding hydrogens is 388 g/mol. The van der Waals surface area contributed by atoms with Crippen molar-refractivity contribution in [3.8, 4) is 11.3 Å². The van der Waals surface area contributed by atoms with E-state index in [0.717, 1.165) is 58.8 Å². The number of anilines is 1. The molecule has 1 aliphatic heterocycles. The zero-order chi connectivity index (χ0) is 19.7. The van der Waals surface area contributed by atoms with Gasteiger partial charge in [-0.15, -0.1) is 0 Å². The lowest BCUT2D eigenvalue weighted by Crippen LogP contribution is -2.48. The Morgan fingerprint density at radius 1 is 0.929 bits per heavy atom. The average Bonchev–Trinajstić information content (AvgIpc) is 3.20. The monoisotopic (exact) mass is 410 g/mol. The summed E-state index contributed by atoms with van der Waals surface area (Å²) in [5.41, 5.74) is 4.58. The number of nitrogens with zero attached hydrogens (tertiary/aromatic N) is 2. The smallest absolute Gasteiger partial charge is 0.162 e. The van der Waals surface area contributed by atoms with Gasteiger partial charge in [-0.3, -0.25) is 0 Å². The van der Waals surface area contributed by atoms with Crippen LogP contribution in [0.1, 0.15) is 16.9 Å². The van der Waals surface area contributed by atoms with Crippen molar-refractivity contribution in [3.05, 3.63) is 76.5 Å². The van der Waals surface area contributed by atoms with E-state index >= 15 is 0 Å². The number of aryl methyl sites for hydroxylation is 2. The fourth-order valence-corrected chi connectivity index (χ4v) is 3.91. The predicted octanol–water partition coefficient (Wildman–Crippen LogP) is 5.71. The van der Waals surface area contributed by atoms with Crippen molar-refractivity contribution in [3.63, 3.8) is 0 Å². The Hall–Kier alpha value is -2.30. The highest BCUT2D eigenvalue weighted by molar-refractivity contribution is 7.80. The molecule has 3 nitrogen and oxygen atoms in total. The Balaban J connectivity index is 1.42. The van der Waals surface area contributed by atoms with Crippen molar-refractivity contribution >= 4 is 34.5 Å². The van der Waals surface area contributed by atoms with Crippen LogP contribution in [0.2, 0.25) is 5.02 Å². The van der Waals surface area contributed by atoms with Gasteiger partial charge in [-0.25, -0.2) is 0 Å². The highest BCUT2D eigenvalue weighted by Crippen LogP contribution is 2.28. The standard InChI is InChI=1S/C23H23ClN2OS/c1-16-3-7-19(8-4-16)25-11-13-26(14-12-25)23(28)22-10-9-21(27-22)18-6-5-17(2)20(24)15-18/h3-10,15H,11-14H2,1-2H3. The van der Waals surface area contributed by atoms with Crippen LogP contribution in [0.4, 0.5) is 5.69 Å². The Morgan fingerprint density at radius 3 is 2.32 bits per heavy atom. The van der Waals surface area contributed by atoms with Crippen molar-refractivity contribution in [2.24, 2.45) is 0 Å². The molecule has 0 aliphatic carbocycles. The maximum atomic E-state index is 6.25. The molecule has 28 heavy (non-hydrogen) atoms. The molecule has 1 saturated heterocycles. The zero-order valence-corrected chi connectivity index (χ0v) is 17.7. The number of thiocarbonyl (C=S) groups is 1. The highest BCUT2D eigenvalue weighted by atomic mass is 35.5. The summed E-state index contributed by atoms with van der Waals surface area (Å²) >= 11 is 12.0. The summed E-state index contributed by atoms with van der Waals surface area (Å²) in [5, 5.41) is 0.741. The van der Waals surface area contributed by atoms with E-state index in [0.29, 0.717) is 0 Å². The summed E-state index contributed by atoms with van der Waals surface area (Å²) in [5.74, 6) is 1.53. The van der Waals surface area contributed by atoms with Crippen LogP contribution in [-0.4, -0.2) is 36.1 Å². The quantitative estimate of drug-likeness (QED) is 0.514. The molecule has 0 unspecified atom stereocenters. The minimum atomic E-state index is 0.741. The molecular formula is C23H23ClN2OS. The molecule has 0 spiro atoms. The van der Waals surface area contributed by atoms with Crippen molar-refractivity contribution in [1.29, 1.82) is 0 Å². The van der Waals surface area contributed by atoms with Crippen LogP contribution >= 0.6 is 23.8 Å². The molecule has 4 rings (SSSR count). The Morgan fingerprint density at radius 2 is 1.64 bits per heavy atom. The molecule has 1 aliphatic rings. The third-order valence-electron chi connectivity index (χ3n) is 5.24. The van der Waals surface area contributed by atoms with Crippen molar-refractivity contribution in [2.45, 2.75) is 13.8 Å². The van der Waals surface area contributed by atoms with E-state index in [2.05, 4.69) is 41.0 Å². The lowest BCUT2D eigenvalue weighted by molar-refractivity contribution is 0.385. The van der Waals surface area contributed by atoms with Gasteiger partial charge in [0.25, 0.3) is 0 Å². The van der Waals surface area contributed by atoms with E-state index in [-0.39, 0.29) is 0 Å². The van der Waals surface area contributed by atoms with E-state index in [9.17, 15) is 0 Å². The van der Waals surface area contributed by atoms with Crippen molar-refractivity contribution in [2.75, 3.05) is 31.1 Å². The zero-order valence-electron chi connectivity index (χ0n) is 16.1. The van der Waals surface area contributed by atoms with Gasteiger partial charge >= 0.3 is 0 Å². The summed E-state index contributed by atoms with van der Waals surface area (Å²) < 4.78 is 6.05. The number of rotatable bonds is 3. The van der Waals surface area contributed by atoms with Crippen LogP contribution in [0.15, 0.2) is 59.0 Å². The van der Waals surface area contributed by atoms with Gasteiger partial charge in [0, 0.05) is 42.5 Å². The lowest BCUT2D eigenvalue weighted by Gasteiger charge is -2.37. The highest BCUT2D eigenvalue weighted by Gasteiger charge is 2.22. The SMILES string of the molecule is Cc1ccc(N2CCN(C(=S)c3ccc(-c4ccc(C)c(Cl)c4)o3)CC2)cc1. The number of halogens is 1. The molecule has 0 atom stereocenters. The van der Waals surface area contributed by atoms with Gasteiger partial charge in [0.1, 0.15) is 10.7 Å². The van der Waals surface area contributed by atoms with Crippen LogP contribution in [0.5, 0.6) is 0 Å². The summed E-state index contributed by atoms with van der Waals surface area (Å²) in [6.07, 6.45) is 0. The molecule has 2 aromatic carbocycles. The molecule has 0 N–H and O–H groups in total. The minimum Gasteiger partial charge on any atom is -0.454 e. The summed E-state index contributed by atoms with van der Waals surface area (Å²) in [6.45, 7) is 7.78. The summed E-state index contributed by atoms with van der Waals surface area (Å²) in [4.78, 5) is 5.40. The van der Waals surface area contributed by atoms with Crippen LogP contribution in [0.25, 0.3) is 11.3 Å². The molecule has 0 amide bonds. The maximum Gasteiger partial charge on any atom is 0.162 e. The second-order valence-electron chi connectivity index (χ2n) is 7.24. The number of hydrogen-bond acceptors (Lipinski definition) is 3. The molecule has 3 aromatic rings. The molecule has 5 heteroatoms. The van der Waals surface area contributed by atoms with E-state index in [1.807, 2.05) is 37.3 Å². The Labute approximate surface area is 176 Å². The second-order valence-corrected chi connectivity index (χ2v) is 8.04. The van der Waals surface area contributed by atoms with E-state index in [1.165, 1.54) is 11.3 Å². The molecule has 1 fully saturated rings. The third-order valence-corrected chi connectivity index (χ3v) is 6.11. The molecule has 0 saturated carbocycles. The first-order chi connectivity index (χ1) is 13.5. The van der Waals surface area contributed by atoms with Gasteiger partial charge in [0.2, 0.25) is 0 Å². The van der Waals surface area contributed by atoms with Crippen LogP contribution in [0, 0.1) is 13.8 Å². The summed E-state index contributed by atoms with van der Waals surface area (Å²) in [6, 6.07) is 18.6. The number of piperazine rings is 1. The largest absolute Gasteiger partial charge is 0.454 e. The molecule has 0 bridgehead atoms. The van der Waals surface area contributed by atoms with Crippen LogP contribution < -0.4 is 4.90 Å². The Kier molecular flexibility index (Phi) is 5.42. The second kappa shape index (κ2) is 7.98. The molecule has 1 aromatic heterocycles. The van der Waals surface area contributed by atoms with Crippen LogP contribution in [0.3, 0.4) is 0 Å².